The van der Waals surface area contributed by atoms with Crippen LogP contribution in [0.15, 0.2) is 17.3 Å². The first-order valence-electron chi connectivity index (χ1n) is 4.72. The van der Waals surface area contributed by atoms with Crippen molar-refractivity contribution in [3.8, 4) is 5.75 Å². The first-order valence-corrected chi connectivity index (χ1v) is 6.26. The van der Waals surface area contributed by atoms with Gasteiger partial charge in [0.1, 0.15) is 6.20 Å². The Morgan fingerprint density at radius 1 is 1.53 bits per heavy atom. The summed E-state index contributed by atoms with van der Waals surface area (Å²) >= 11 is 0. The lowest BCUT2D eigenvalue weighted by atomic mass is 10.4. The summed E-state index contributed by atoms with van der Waals surface area (Å²) in [5.41, 5.74) is -0.371. The topological polar surface area (TPSA) is 125 Å². The quantitative estimate of drug-likeness (QED) is 0.607. The first-order chi connectivity index (χ1) is 7.88. The van der Waals surface area contributed by atoms with Crippen LogP contribution in [0.25, 0.3) is 0 Å². The van der Waals surface area contributed by atoms with Crippen LogP contribution < -0.4 is 9.88 Å². The fraction of sp³-hybridized carbons (Fsp3) is 0.375. The Bertz CT molecular complexity index is 567. The molecule has 0 amide bonds. The van der Waals surface area contributed by atoms with Gasteiger partial charge in [-0.15, -0.1) is 0 Å². The van der Waals surface area contributed by atoms with Crippen LogP contribution in [0.5, 0.6) is 5.75 Å². The van der Waals surface area contributed by atoms with E-state index in [2.05, 4.69) is 4.98 Å². The summed E-state index contributed by atoms with van der Waals surface area (Å²) in [6.07, 6.45) is 2.33. The van der Waals surface area contributed by atoms with Gasteiger partial charge in [0.25, 0.3) is 10.0 Å². The van der Waals surface area contributed by atoms with Gasteiger partial charge in [0, 0.05) is 6.07 Å². The molecule has 0 bridgehead atoms. The minimum absolute atomic E-state index is 0.0931. The highest BCUT2D eigenvalue weighted by Gasteiger charge is 2.28. The highest BCUT2D eigenvalue weighted by Crippen LogP contribution is 2.33. The second-order valence-electron chi connectivity index (χ2n) is 3.61. The molecule has 0 unspecified atom stereocenters. The Morgan fingerprint density at radius 3 is 2.65 bits per heavy atom. The lowest BCUT2D eigenvalue weighted by Crippen LogP contribution is -2.14. The molecule has 17 heavy (non-hydrogen) atoms. The zero-order valence-corrected chi connectivity index (χ0v) is 9.38. The van der Waals surface area contributed by atoms with Crippen molar-refractivity contribution in [2.75, 3.05) is 0 Å². The molecule has 1 aliphatic carbocycles. The number of nitrogens with two attached hydrogens (primary N) is 1. The van der Waals surface area contributed by atoms with Crippen LogP contribution >= 0.6 is 0 Å². The van der Waals surface area contributed by atoms with Crippen LogP contribution in [0.2, 0.25) is 0 Å². The van der Waals surface area contributed by atoms with Crippen LogP contribution in [-0.4, -0.2) is 24.4 Å². The molecular weight excluding hydrogens is 250 g/mol. The van der Waals surface area contributed by atoms with Crippen molar-refractivity contribution in [3.63, 3.8) is 0 Å². The standard InChI is InChI=1S/C8H9N3O5S/c9-17(14,15)8-3-7(16-5-1-2-5)6(4-10-8)11(12)13/h3-5H,1-2H2,(H2,9,14,15). The SMILES string of the molecule is NS(=O)(=O)c1cc(OC2CC2)c([N+](=O)[O-])cn1. The molecule has 1 saturated carbocycles. The summed E-state index contributed by atoms with van der Waals surface area (Å²) < 4.78 is 27.4. The molecule has 92 valence electrons. The third-order valence-electron chi connectivity index (χ3n) is 2.13. The molecule has 1 fully saturated rings. The number of hydrogen-bond donors (Lipinski definition) is 1. The molecule has 1 aromatic heterocycles. The van der Waals surface area contributed by atoms with Crippen LogP contribution in [0.3, 0.4) is 0 Å². The Hall–Kier alpha value is -1.74. The molecule has 0 spiro atoms. The van der Waals surface area contributed by atoms with Gasteiger partial charge in [-0.05, 0) is 12.8 Å². The van der Waals surface area contributed by atoms with E-state index in [4.69, 9.17) is 9.88 Å². The zero-order valence-electron chi connectivity index (χ0n) is 8.57. The highest BCUT2D eigenvalue weighted by atomic mass is 32.2. The Balaban J connectivity index is 2.45. The minimum atomic E-state index is -4.00. The largest absolute Gasteiger partial charge is 0.483 e. The predicted octanol–water partition coefficient (Wildman–Crippen LogP) is 0.178. The van der Waals surface area contributed by atoms with Crippen LogP contribution in [0, 0.1) is 10.1 Å². The van der Waals surface area contributed by atoms with Crippen LogP contribution in [0.4, 0.5) is 5.69 Å². The molecule has 0 saturated heterocycles. The number of nitrogens with zero attached hydrogens (tertiary/aromatic N) is 2. The number of sulfonamides is 1. The van der Waals surface area contributed by atoms with E-state index in [-0.39, 0.29) is 17.5 Å². The van der Waals surface area contributed by atoms with Crippen molar-refractivity contribution in [2.24, 2.45) is 5.14 Å². The normalized spacial score (nSPS) is 15.6. The van der Waals surface area contributed by atoms with Crippen molar-refractivity contribution >= 4 is 15.7 Å². The maximum Gasteiger partial charge on any atom is 0.329 e. The monoisotopic (exact) mass is 259 g/mol. The number of nitro groups is 1. The van der Waals surface area contributed by atoms with Gasteiger partial charge in [-0.1, -0.05) is 0 Å². The van der Waals surface area contributed by atoms with E-state index in [1.807, 2.05) is 0 Å². The Morgan fingerprint density at radius 2 is 2.18 bits per heavy atom. The van der Waals surface area contributed by atoms with Gasteiger partial charge in [-0.25, -0.2) is 18.5 Å². The average molecular weight is 259 g/mol. The van der Waals surface area contributed by atoms with E-state index >= 15 is 0 Å². The molecule has 2 N–H and O–H groups in total. The maximum atomic E-state index is 11.1. The van der Waals surface area contributed by atoms with Crippen LogP contribution in [-0.2, 0) is 10.0 Å². The number of rotatable bonds is 4. The van der Waals surface area contributed by atoms with Gasteiger partial charge >= 0.3 is 5.69 Å². The van der Waals surface area contributed by atoms with E-state index in [1.54, 1.807) is 0 Å². The Kier molecular flexibility index (Phi) is 2.71. The van der Waals surface area contributed by atoms with Crippen molar-refractivity contribution < 1.29 is 18.1 Å². The Labute approximate surface area is 96.6 Å². The number of ether oxygens (including phenoxy) is 1. The second kappa shape index (κ2) is 3.93. The molecule has 2 rings (SSSR count). The summed E-state index contributed by atoms with van der Waals surface area (Å²) in [4.78, 5) is 13.4. The summed E-state index contributed by atoms with van der Waals surface area (Å²) in [7, 11) is -4.00. The first kappa shape index (κ1) is 11.7. The van der Waals surface area contributed by atoms with E-state index in [1.165, 1.54) is 0 Å². The predicted molar refractivity (Wildman–Crippen MR) is 55.9 cm³/mol. The molecule has 0 aliphatic heterocycles. The fourth-order valence-electron chi connectivity index (χ4n) is 1.16. The highest BCUT2D eigenvalue weighted by molar-refractivity contribution is 7.89. The molecule has 0 atom stereocenters. The number of aromatic nitrogens is 1. The van der Waals surface area contributed by atoms with E-state index in [0.29, 0.717) is 0 Å². The van der Waals surface area contributed by atoms with E-state index in [9.17, 15) is 18.5 Å². The molecule has 9 heteroatoms. The van der Waals surface area contributed by atoms with Gasteiger partial charge in [0.15, 0.2) is 5.03 Å². The fourth-order valence-corrected chi connectivity index (χ4v) is 1.64. The maximum absolute atomic E-state index is 11.1. The summed E-state index contributed by atoms with van der Waals surface area (Å²) in [6, 6.07) is 0.978. The number of pyridine rings is 1. The van der Waals surface area contributed by atoms with Gasteiger partial charge in [-0.2, -0.15) is 0 Å². The van der Waals surface area contributed by atoms with Crippen LogP contribution in [0.1, 0.15) is 12.8 Å². The minimum Gasteiger partial charge on any atom is -0.483 e. The number of hydrogen-bond acceptors (Lipinski definition) is 6. The second-order valence-corrected chi connectivity index (χ2v) is 5.12. The van der Waals surface area contributed by atoms with Crippen molar-refractivity contribution in [1.29, 1.82) is 0 Å². The summed E-state index contributed by atoms with van der Waals surface area (Å²) in [5.74, 6) is -0.114. The van der Waals surface area contributed by atoms with Crippen molar-refractivity contribution in [2.45, 2.75) is 24.0 Å². The van der Waals surface area contributed by atoms with Gasteiger partial charge in [-0.3, -0.25) is 10.1 Å². The lowest BCUT2D eigenvalue weighted by molar-refractivity contribution is -0.386. The third kappa shape index (κ3) is 2.68. The smallest absolute Gasteiger partial charge is 0.329 e. The van der Waals surface area contributed by atoms with Gasteiger partial charge in [0.2, 0.25) is 5.75 Å². The number of primary sulfonamides is 1. The van der Waals surface area contributed by atoms with Crippen molar-refractivity contribution in [1.82, 2.24) is 4.98 Å². The van der Waals surface area contributed by atoms with Gasteiger partial charge in [0.05, 0.1) is 11.0 Å². The van der Waals surface area contributed by atoms with E-state index < -0.39 is 20.0 Å². The summed E-state index contributed by atoms with van der Waals surface area (Å²) in [6.45, 7) is 0. The average Bonchev–Trinajstić information content (AvgIpc) is 2.99. The van der Waals surface area contributed by atoms with E-state index in [0.717, 1.165) is 25.1 Å². The van der Waals surface area contributed by atoms with Crippen molar-refractivity contribution in [3.05, 3.63) is 22.4 Å². The molecule has 1 aliphatic rings. The molecule has 0 aromatic carbocycles. The molecule has 0 radical (unpaired) electrons. The molecular formula is C8H9N3O5S. The molecule has 1 aromatic rings. The molecule has 1 heterocycles. The molecule has 8 nitrogen and oxygen atoms in total. The summed E-state index contributed by atoms with van der Waals surface area (Å²) in [5, 5.41) is 15.1. The van der Waals surface area contributed by atoms with Gasteiger partial charge < -0.3 is 4.74 Å². The lowest BCUT2D eigenvalue weighted by Gasteiger charge is -2.05. The zero-order chi connectivity index (χ0) is 12.6. The third-order valence-corrected chi connectivity index (χ3v) is 2.93.